The van der Waals surface area contributed by atoms with Gasteiger partial charge in [0.2, 0.25) is 5.91 Å². The summed E-state index contributed by atoms with van der Waals surface area (Å²) in [6, 6.07) is 14.0. The Balaban J connectivity index is 1.39. The highest BCUT2D eigenvalue weighted by Crippen LogP contribution is 2.26. The minimum Gasteiger partial charge on any atom is -0.343 e. The molecule has 0 saturated carbocycles. The molecule has 2 aromatic carbocycles. The van der Waals surface area contributed by atoms with Crippen molar-refractivity contribution in [2.45, 2.75) is 26.2 Å². The zero-order valence-electron chi connectivity index (χ0n) is 18.4. The van der Waals surface area contributed by atoms with Gasteiger partial charge in [-0.2, -0.15) is 10.1 Å². The van der Waals surface area contributed by atoms with E-state index in [0.29, 0.717) is 22.6 Å². The molecule has 2 amide bonds. The lowest BCUT2D eigenvalue weighted by atomic mass is 9.96. The van der Waals surface area contributed by atoms with Gasteiger partial charge >= 0.3 is 0 Å². The topological polar surface area (TPSA) is 128 Å². The summed E-state index contributed by atoms with van der Waals surface area (Å²) in [6.07, 6.45) is 3.03. The van der Waals surface area contributed by atoms with Crippen LogP contribution in [0.4, 0.5) is 5.69 Å². The predicted octanol–water partition coefficient (Wildman–Crippen LogP) is 2.98. The van der Waals surface area contributed by atoms with Crippen LogP contribution in [-0.4, -0.2) is 43.3 Å². The van der Waals surface area contributed by atoms with Gasteiger partial charge in [-0.1, -0.05) is 38.1 Å². The van der Waals surface area contributed by atoms with E-state index in [4.69, 9.17) is 4.52 Å². The van der Waals surface area contributed by atoms with Crippen LogP contribution in [0.2, 0.25) is 0 Å². The van der Waals surface area contributed by atoms with Gasteiger partial charge in [0.1, 0.15) is 12.7 Å². The maximum absolute atomic E-state index is 12.8. The fraction of sp³-hybridized carbons (Fsp3) is 0.217. The molecule has 2 aromatic heterocycles. The number of nitrogens with zero attached hydrogens (tertiary/aromatic N) is 5. The standard InChI is InChI=1S/C23H23N7O3/c1-23(2,3)22-28-21(33-29-22)18-7-5-4-6-17(18)20(32)25-12-19(31)27-15-8-10-16(11-9-15)30-14-24-13-26-30/h4-11,13-14H,12H2,1-3H3,(H,25,32)(H,27,31). The van der Waals surface area contributed by atoms with Crippen molar-refractivity contribution < 1.29 is 14.1 Å². The molecule has 0 radical (unpaired) electrons. The van der Waals surface area contributed by atoms with Crippen LogP contribution in [0.1, 0.15) is 37.0 Å². The first-order valence-corrected chi connectivity index (χ1v) is 10.3. The van der Waals surface area contributed by atoms with Crippen LogP contribution in [-0.2, 0) is 10.2 Å². The maximum Gasteiger partial charge on any atom is 0.258 e. The van der Waals surface area contributed by atoms with Gasteiger partial charge in [-0.05, 0) is 36.4 Å². The Morgan fingerprint density at radius 1 is 1.06 bits per heavy atom. The summed E-state index contributed by atoms with van der Waals surface area (Å²) in [5.74, 6) is 0.0180. The first-order chi connectivity index (χ1) is 15.8. The molecule has 0 fully saturated rings. The van der Waals surface area contributed by atoms with Crippen molar-refractivity contribution in [1.82, 2.24) is 30.2 Å². The molecule has 4 rings (SSSR count). The van der Waals surface area contributed by atoms with E-state index >= 15 is 0 Å². The van der Waals surface area contributed by atoms with Gasteiger partial charge in [0.15, 0.2) is 5.82 Å². The normalized spacial score (nSPS) is 11.2. The van der Waals surface area contributed by atoms with Gasteiger partial charge in [0.05, 0.1) is 23.4 Å². The van der Waals surface area contributed by atoms with E-state index in [2.05, 4.69) is 30.9 Å². The molecule has 10 heteroatoms. The molecular weight excluding hydrogens is 422 g/mol. The minimum atomic E-state index is -0.419. The van der Waals surface area contributed by atoms with E-state index in [9.17, 15) is 9.59 Å². The molecule has 10 nitrogen and oxygen atoms in total. The van der Waals surface area contributed by atoms with Crippen LogP contribution in [0.3, 0.4) is 0 Å². The van der Waals surface area contributed by atoms with Crippen molar-refractivity contribution in [2.24, 2.45) is 0 Å². The van der Waals surface area contributed by atoms with Crippen LogP contribution in [0.5, 0.6) is 0 Å². The van der Waals surface area contributed by atoms with Crippen molar-refractivity contribution in [3.05, 3.63) is 72.6 Å². The Hall–Kier alpha value is -4.34. The third kappa shape index (κ3) is 5.12. The number of nitrogens with one attached hydrogen (secondary N) is 2. The lowest BCUT2D eigenvalue weighted by molar-refractivity contribution is -0.115. The SMILES string of the molecule is CC(C)(C)c1noc(-c2ccccc2C(=O)NCC(=O)Nc2ccc(-n3cncn3)cc2)n1. The summed E-state index contributed by atoms with van der Waals surface area (Å²) in [7, 11) is 0. The van der Waals surface area contributed by atoms with Crippen molar-refractivity contribution in [1.29, 1.82) is 0 Å². The predicted molar refractivity (Wildman–Crippen MR) is 121 cm³/mol. The third-order valence-electron chi connectivity index (χ3n) is 4.74. The van der Waals surface area contributed by atoms with Crippen LogP contribution in [0.15, 0.2) is 65.7 Å². The monoisotopic (exact) mass is 445 g/mol. The molecule has 0 aliphatic heterocycles. The van der Waals surface area contributed by atoms with E-state index in [1.807, 2.05) is 20.8 Å². The Bertz CT molecular complexity index is 1260. The summed E-state index contributed by atoms with van der Waals surface area (Å²) >= 11 is 0. The van der Waals surface area contributed by atoms with Crippen molar-refractivity contribution in [3.8, 4) is 17.1 Å². The Morgan fingerprint density at radius 2 is 1.82 bits per heavy atom. The van der Waals surface area contributed by atoms with E-state index in [1.54, 1.807) is 59.5 Å². The zero-order chi connectivity index (χ0) is 23.4. The molecule has 0 bridgehead atoms. The van der Waals surface area contributed by atoms with Gasteiger partial charge in [-0.15, -0.1) is 0 Å². The van der Waals surface area contributed by atoms with E-state index in [0.717, 1.165) is 5.69 Å². The number of carbonyl (C=O) groups is 2. The summed E-state index contributed by atoms with van der Waals surface area (Å²) in [4.78, 5) is 33.4. The Labute approximate surface area is 190 Å². The first-order valence-electron chi connectivity index (χ1n) is 10.3. The smallest absolute Gasteiger partial charge is 0.258 e. The van der Waals surface area contributed by atoms with Crippen LogP contribution in [0.25, 0.3) is 17.1 Å². The minimum absolute atomic E-state index is 0.199. The second kappa shape index (κ2) is 9.03. The Kier molecular flexibility index (Phi) is 5.99. The molecular formula is C23H23N7O3. The van der Waals surface area contributed by atoms with Crippen LogP contribution < -0.4 is 10.6 Å². The average Bonchev–Trinajstić information content (AvgIpc) is 3.50. The van der Waals surface area contributed by atoms with Gasteiger partial charge in [0, 0.05) is 11.1 Å². The van der Waals surface area contributed by atoms with Crippen LogP contribution in [0, 0.1) is 0 Å². The molecule has 0 unspecified atom stereocenters. The lowest BCUT2D eigenvalue weighted by Gasteiger charge is -2.11. The molecule has 0 aliphatic rings. The second-order valence-corrected chi connectivity index (χ2v) is 8.34. The molecule has 0 spiro atoms. The highest BCUT2D eigenvalue weighted by molar-refractivity contribution is 6.02. The summed E-state index contributed by atoms with van der Waals surface area (Å²) in [5.41, 5.74) is 1.96. The Morgan fingerprint density at radius 3 is 2.48 bits per heavy atom. The van der Waals surface area contributed by atoms with Crippen molar-refractivity contribution in [2.75, 3.05) is 11.9 Å². The second-order valence-electron chi connectivity index (χ2n) is 8.34. The molecule has 0 atom stereocenters. The average molecular weight is 445 g/mol. The number of rotatable bonds is 6. The highest BCUT2D eigenvalue weighted by atomic mass is 16.5. The molecule has 168 valence electrons. The van der Waals surface area contributed by atoms with E-state index in [-0.39, 0.29) is 23.8 Å². The molecule has 2 heterocycles. The van der Waals surface area contributed by atoms with Gasteiger partial charge in [-0.3, -0.25) is 9.59 Å². The number of carbonyl (C=O) groups excluding carboxylic acids is 2. The number of hydrogen-bond donors (Lipinski definition) is 2. The lowest BCUT2D eigenvalue weighted by Crippen LogP contribution is -2.33. The number of anilines is 1. The first kappa shape index (κ1) is 21.9. The van der Waals surface area contributed by atoms with Crippen molar-refractivity contribution in [3.63, 3.8) is 0 Å². The number of hydrogen-bond acceptors (Lipinski definition) is 7. The zero-order valence-corrected chi connectivity index (χ0v) is 18.4. The largest absolute Gasteiger partial charge is 0.343 e. The summed E-state index contributed by atoms with van der Waals surface area (Å²) < 4.78 is 6.99. The fourth-order valence-corrected chi connectivity index (χ4v) is 3.01. The van der Waals surface area contributed by atoms with Crippen molar-refractivity contribution >= 4 is 17.5 Å². The van der Waals surface area contributed by atoms with E-state index in [1.165, 1.54) is 6.33 Å². The molecule has 33 heavy (non-hydrogen) atoms. The fourth-order valence-electron chi connectivity index (χ4n) is 3.01. The summed E-state index contributed by atoms with van der Waals surface area (Å²) in [5, 5.41) is 13.5. The van der Waals surface area contributed by atoms with Crippen LogP contribution >= 0.6 is 0 Å². The van der Waals surface area contributed by atoms with Gasteiger partial charge < -0.3 is 15.2 Å². The molecule has 4 aromatic rings. The molecule has 0 saturated heterocycles. The summed E-state index contributed by atoms with van der Waals surface area (Å²) in [6.45, 7) is 5.72. The quantitative estimate of drug-likeness (QED) is 0.467. The van der Waals surface area contributed by atoms with E-state index < -0.39 is 5.91 Å². The maximum atomic E-state index is 12.8. The number of aromatic nitrogens is 5. The highest BCUT2D eigenvalue weighted by Gasteiger charge is 2.23. The number of amides is 2. The van der Waals surface area contributed by atoms with Gasteiger partial charge in [-0.25, -0.2) is 9.67 Å². The third-order valence-corrected chi connectivity index (χ3v) is 4.74. The van der Waals surface area contributed by atoms with Gasteiger partial charge in [0.25, 0.3) is 11.8 Å². The molecule has 2 N–H and O–H groups in total. The number of benzene rings is 2. The molecule has 0 aliphatic carbocycles.